The van der Waals surface area contributed by atoms with E-state index in [0.717, 1.165) is 35.4 Å². The number of piperidine rings is 1. The van der Waals surface area contributed by atoms with Crippen LogP contribution in [0.3, 0.4) is 0 Å². The van der Waals surface area contributed by atoms with Gasteiger partial charge in [0.25, 0.3) is 0 Å². The number of rotatable bonds is 7. The molecule has 1 aliphatic rings. The number of sulfonamides is 1. The highest BCUT2D eigenvalue weighted by atomic mass is 32.2. The van der Waals surface area contributed by atoms with Gasteiger partial charge in [-0.15, -0.1) is 0 Å². The second-order valence-corrected chi connectivity index (χ2v) is 10.6. The van der Waals surface area contributed by atoms with E-state index in [2.05, 4.69) is 10.6 Å². The van der Waals surface area contributed by atoms with Gasteiger partial charge in [-0.1, -0.05) is 29.8 Å². The number of nitrogens with zero attached hydrogens (tertiary/aromatic N) is 1. The molecule has 1 aliphatic heterocycles. The fourth-order valence-electron chi connectivity index (χ4n) is 3.92. The molecule has 0 bridgehead atoms. The quantitative estimate of drug-likeness (QED) is 0.598. The number of hydrogen-bond acceptors (Lipinski definition) is 4. The summed E-state index contributed by atoms with van der Waals surface area (Å²) in [5.74, 6) is -0.695. The summed E-state index contributed by atoms with van der Waals surface area (Å²) < 4.78 is 65.2. The van der Waals surface area contributed by atoms with Crippen LogP contribution in [0.2, 0.25) is 0 Å². The Bertz CT molecular complexity index is 1140. The van der Waals surface area contributed by atoms with E-state index >= 15 is 0 Å². The lowest BCUT2D eigenvalue weighted by Crippen LogP contribution is -2.53. The highest BCUT2D eigenvalue weighted by Gasteiger charge is 2.33. The van der Waals surface area contributed by atoms with E-state index in [1.54, 1.807) is 0 Å². The number of amides is 2. The smallest absolute Gasteiger partial charge is 0.351 e. The van der Waals surface area contributed by atoms with Gasteiger partial charge in [0, 0.05) is 32.5 Å². The summed E-state index contributed by atoms with van der Waals surface area (Å²) in [6, 6.07) is 9.95. The molecule has 35 heavy (non-hydrogen) atoms. The molecule has 1 atom stereocenters. The second kappa shape index (κ2) is 10.8. The molecule has 2 N–H and O–H groups in total. The Morgan fingerprint density at radius 2 is 1.60 bits per heavy atom. The van der Waals surface area contributed by atoms with Crippen LogP contribution in [0, 0.1) is 6.92 Å². The number of benzene rings is 2. The van der Waals surface area contributed by atoms with Crippen LogP contribution in [-0.2, 0) is 32.2 Å². The van der Waals surface area contributed by atoms with E-state index in [0.29, 0.717) is 19.3 Å². The van der Waals surface area contributed by atoms with E-state index < -0.39 is 27.8 Å². The maximum atomic E-state index is 12.9. The second-order valence-electron chi connectivity index (χ2n) is 8.65. The fraction of sp³-hybridized carbons (Fsp3) is 0.417. The average molecular weight is 512 g/mol. The molecule has 0 radical (unpaired) electrons. The Morgan fingerprint density at radius 1 is 1.03 bits per heavy atom. The minimum absolute atomic E-state index is 0.108. The molecular weight excluding hydrogens is 483 g/mol. The molecule has 2 aromatic carbocycles. The highest BCUT2D eigenvalue weighted by Crippen LogP contribution is 2.30. The van der Waals surface area contributed by atoms with Crippen LogP contribution in [0.15, 0.2) is 53.4 Å². The molecule has 2 aromatic rings. The topological polar surface area (TPSA) is 95.6 Å². The predicted molar refractivity (Wildman–Crippen MR) is 124 cm³/mol. The summed E-state index contributed by atoms with van der Waals surface area (Å²) in [4.78, 5) is 24.3. The summed E-state index contributed by atoms with van der Waals surface area (Å²) >= 11 is 0. The Hall–Kier alpha value is -2.92. The summed E-state index contributed by atoms with van der Waals surface area (Å²) in [6.07, 6.45) is -3.56. The molecule has 0 unspecified atom stereocenters. The Kier molecular flexibility index (Phi) is 8.22. The molecule has 2 amide bonds. The van der Waals surface area contributed by atoms with E-state index in [4.69, 9.17) is 0 Å². The first-order valence-electron chi connectivity index (χ1n) is 11.2. The summed E-state index contributed by atoms with van der Waals surface area (Å²) in [5.41, 5.74) is 1.05. The molecular formula is C24H28F3N3O4S. The van der Waals surface area contributed by atoms with Gasteiger partial charge in [0.05, 0.1) is 10.5 Å². The van der Waals surface area contributed by atoms with Gasteiger partial charge in [0.15, 0.2) is 0 Å². The Morgan fingerprint density at radius 3 is 2.11 bits per heavy atom. The van der Waals surface area contributed by atoms with Gasteiger partial charge in [-0.2, -0.15) is 17.5 Å². The van der Waals surface area contributed by atoms with Gasteiger partial charge in [0.1, 0.15) is 6.04 Å². The lowest BCUT2D eigenvalue weighted by atomic mass is 10.0. The van der Waals surface area contributed by atoms with Crippen molar-refractivity contribution in [2.24, 2.45) is 0 Å². The molecule has 0 aromatic heterocycles. The van der Waals surface area contributed by atoms with E-state index in [9.17, 15) is 31.2 Å². The molecule has 0 spiro atoms. The number of hydrogen-bond donors (Lipinski definition) is 2. The first kappa shape index (κ1) is 26.7. The molecule has 3 rings (SSSR count). The van der Waals surface area contributed by atoms with Gasteiger partial charge in [0.2, 0.25) is 21.8 Å². The standard InChI is InChI=1S/C24H28F3N3O4S/c1-16-3-5-18(6-4-16)15-22(28-17(2)31)23(32)29-20-11-13-30(14-12-20)35(33,34)21-9-7-19(8-10-21)24(25,26)27/h3-10,20,22H,11-15H2,1-2H3,(H,28,31)(H,29,32)/t22-/m1/s1. The number of halogens is 3. The maximum Gasteiger partial charge on any atom is 0.416 e. The van der Waals surface area contributed by atoms with Crippen molar-refractivity contribution < 1.29 is 31.2 Å². The zero-order chi connectivity index (χ0) is 25.8. The van der Waals surface area contributed by atoms with Crippen LogP contribution in [0.25, 0.3) is 0 Å². The van der Waals surface area contributed by atoms with Gasteiger partial charge >= 0.3 is 6.18 Å². The van der Waals surface area contributed by atoms with Crippen molar-refractivity contribution in [3.05, 3.63) is 65.2 Å². The van der Waals surface area contributed by atoms with Crippen LogP contribution >= 0.6 is 0 Å². The molecule has 1 saturated heterocycles. The molecule has 1 heterocycles. The highest BCUT2D eigenvalue weighted by molar-refractivity contribution is 7.89. The van der Waals surface area contributed by atoms with Crippen LogP contribution in [0.1, 0.15) is 36.5 Å². The first-order chi connectivity index (χ1) is 16.4. The van der Waals surface area contributed by atoms with Crippen molar-refractivity contribution in [2.75, 3.05) is 13.1 Å². The number of carbonyl (C=O) groups is 2. The molecule has 0 aliphatic carbocycles. The largest absolute Gasteiger partial charge is 0.416 e. The zero-order valence-electron chi connectivity index (χ0n) is 19.4. The van der Waals surface area contributed by atoms with Gasteiger partial charge < -0.3 is 10.6 Å². The molecule has 0 saturated carbocycles. The van der Waals surface area contributed by atoms with Crippen molar-refractivity contribution >= 4 is 21.8 Å². The van der Waals surface area contributed by atoms with Crippen molar-refractivity contribution in [3.63, 3.8) is 0 Å². The summed E-state index contributed by atoms with van der Waals surface area (Å²) in [6.45, 7) is 3.50. The first-order valence-corrected chi connectivity index (χ1v) is 12.6. The predicted octanol–water partition coefficient (Wildman–Crippen LogP) is 3.03. The van der Waals surface area contributed by atoms with Crippen LogP contribution in [0.5, 0.6) is 0 Å². The minimum atomic E-state index is -4.55. The average Bonchev–Trinajstić information content (AvgIpc) is 2.79. The van der Waals surface area contributed by atoms with Crippen molar-refractivity contribution in [1.29, 1.82) is 0 Å². The number of aryl methyl sites for hydroxylation is 1. The number of alkyl halides is 3. The van der Waals surface area contributed by atoms with Gasteiger partial charge in [-0.25, -0.2) is 8.42 Å². The van der Waals surface area contributed by atoms with Crippen molar-refractivity contribution in [2.45, 2.75) is 56.3 Å². The molecule has 1 fully saturated rings. The lowest BCUT2D eigenvalue weighted by Gasteiger charge is -2.32. The van der Waals surface area contributed by atoms with Crippen LogP contribution < -0.4 is 10.6 Å². The summed E-state index contributed by atoms with van der Waals surface area (Å²) in [5, 5.41) is 5.56. The maximum absolute atomic E-state index is 12.9. The number of carbonyl (C=O) groups excluding carboxylic acids is 2. The summed E-state index contributed by atoms with van der Waals surface area (Å²) in [7, 11) is -3.96. The Balaban J connectivity index is 1.60. The Labute approximate surface area is 202 Å². The van der Waals surface area contributed by atoms with Crippen molar-refractivity contribution in [1.82, 2.24) is 14.9 Å². The SMILES string of the molecule is CC(=O)N[C@H](Cc1ccc(C)cc1)C(=O)NC1CCN(S(=O)(=O)c2ccc(C(F)(F)F)cc2)CC1. The fourth-order valence-corrected chi connectivity index (χ4v) is 5.39. The third kappa shape index (κ3) is 7.04. The monoisotopic (exact) mass is 511 g/mol. The zero-order valence-corrected chi connectivity index (χ0v) is 20.2. The van der Waals surface area contributed by atoms with E-state index in [1.165, 1.54) is 11.2 Å². The third-order valence-electron chi connectivity index (χ3n) is 5.87. The third-order valence-corrected chi connectivity index (χ3v) is 7.79. The van der Waals surface area contributed by atoms with Crippen LogP contribution in [0.4, 0.5) is 13.2 Å². The molecule has 190 valence electrons. The van der Waals surface area contributed by atoms with Crippen molar-refractivity contribution in [3.8, 4) is 0 Å². The van der Waals surface area contributed by atoms with E-state index in [1.807, 2.05) is 31.2 Å². The lowest BCUT2D eigenvalue weighted by molar-refractivity contribution is -0.137. The van der Waals surface area contributed by atoms with E-state index in [-0.39, 0.29) is 35.8 Å². The molecule has 11 heteroatoms. The van der Waals surface area contributed by atoms with Gasteiger partial charge in [-0.05, 0) is 49.6 Å². The van der Waals surface area contributed by atoms with Crippen LogP contribution in [-0.4, -0.2) is 49.7 Å². The molecule has 7 nitrogen and oxygen atoms in total. The normalized spacial score (nSPS) is 16.5. The number of nitrogens with one attached hydrogen (secondary N) is 2. The van der Waals surface area contributed by atoms with Gasteiger partial charge in [-0.3, -0.25) is 9.59 Å². The minimum Gasteiger partial charge on any atom is -0.351 e.